The topological polar surface area (TPSA) is 50.4 Å². The predicted octanol–water partition coefficient (Wildman–Crippen LogP) is 7.79. The lowest BCUT2D eigenvalue weighted by Gasteiger charge is -2.27. The molecule has 0 unspecified atom stereocenters. The van der Waals surface area contributed by atoms with Crippen molar-refractivity contribution in [3.05, 3.63) is 59.3 Å². The van der Waals surface area contributed by atoms with Crippen LogP contribution in [-0.4, -0.2) is 38.2 Å². The van der Waals surface area contributed by atoms with E-state index in [4.69, 9.17) is 0 Å². The SMILES string of the molecule is O=C(O)c1ccc2c(C3CCCCC3)c3n(c2c1)CC1(CC1)Cn1cc(CN2CCCCC2)c2cccc-3c21. The van der Waals surface area contributed by atoms with Crippen LogP contribution in [0.2, 0.25) is 0 Å². The van der Waals surface area contributed by atoms with Crippen LogP contribution in [0.5, 0.6) is 0 Å². The summed E-state index contributed by atoms with van der Waals surface area (Å²) in [6.45, 7) is 5.49. The first-order chi connectivity index (χ1) is 19.1. The van der Waals surface area contributed by atoms with Crippen molar-refractivity contribution in [3.8, 4) is 11.3 Å². The molecule has 2 aliphatic heterocycles. The van der Waals surface area contributed by atoms with Crippen LogP contribution in [0.1, 0.15) is 91.6 Å². The fraction of sp³-hybridized carbons (Fsp3) is 0.500. The smallest absolute Gasteiger partial charge is 0.335 e. The molecule has 0 radical (unpaired) electrons. The summed E-state index contributed by atoms with van der Waals surface area (Å²) in [6, 6.07) is 12.9. The van der Waals surface area contributed by atoms with Gasteiger partial charge in [-0.2, -0.15) is 0 Å². The lowest BCUT2D eigenvalue weighted by molar-refractivity contribution is 0.0697. The van der Waals surface area contributed by atoms with E-state index in [9.17, 15) is 9.90 Å². The van der Waals surface area contributed by atoms with Gasteiger partial charge in [0.1, 0.15) is 0 Å². The lowest BCUT2D eigenvalue weighted by atomic mass is 9.81. The highest BCUT2D eigenvalue weighted by Gasteiger charge is 2.46. The Morgan fingerprint density at radius 3 is 2.49 bits per heavy atom. The first kappa shape index (κ1) is 23.8. The van der Waals surface area contributed by atoms with E-state index in [1.807, 2.05) is 12.1 Å². The minimum absolute atomic E-state index is 0.256. The van der Waals surface area contributed by atoms with Gasteiger partial charge >= 0.3 is 5.97 Å². The Hall–Kier alpha value is -3.05. The van der Waals surface area contributed by atoms with Crippen LogP contribution >= 0.6 is 0 Å². The van der Waals surface area contributed by atoms with Gasteiger partial charge in [-0.05, 0) is 80.8 Å². The molecule has 5 heteroatoms. The second-order valence-corrected chi connectivity index (χ2v) is 13.0. The molecular formula is C34H39N3O2. The Morgan fingerprint density at radius 1 is 0.923 bits per heavy atom. The molecule has 39 heavy (non-hydrogen) atoms. The Morgan fingerprint density at radius 2 is 1.72 bits per heavy atom. The average Bonchev–Trinajstić information content (AvgIpc) is 3.54. The van der Waals surface area contributed by atoms with Gasteiger partial charge < -0.3 is 14.2 Å². The molecule has 2 aliphatic carbocycles. The van der Waals surface area contributed by atoms with Crippen molar-refractivity contribution in [1.29, 1.82) is 0 Å². The minimum atomic E-state index is -0.836. The Labute approximate surface area is 230 Å². The number of nitrogens with zero attached hydrogens (tertiary/aromatic N) is 3. The highest BCUT2D eigenvalue weighted by molar-refractivity contribution is 6.03. The number of carbonyl (C=O) groups is 1. The zero-order chi connectivity index (χ0) is 26.1. The number of benzene rings is 2. The highest BCUT2D eigenvalue weighted by Crippen LogP contribution is 2.54. The van der Waals surface area contributed by atoms with Gasteiger partial charge in [0.05, 0.1) is 16.8 Å². The highest BCUT2D eigenvalue weighted by atomic mass is 16.4. The zero-order valence-corrected chi connectivity index (χ0v) is 22.9. The van der Waals surface area contributed by atoms with Gasteiger partial charge in [0, 0.05) is 53.1 Å². The van der Waals surface area contributed by atoms with E-state index < -0.39 is 5.97 Å². The molecule has 202 valence electrons. The maximum Gasteiger partial charge on any atom is 0.335 e. The maximum atomic E-state index is 12.1. The number of carboxylic acids is 1. The maximum absolute atomic E-state index is 12.1. The van der Waals surface area contributed by atoms with E-state index >= 15 is 0 Å². The quantitative estimate of drug-likeness (QED) is 0.298. The molecule has 4 heterocycles. The molecule has 2 aromatic heterocycles. The van der Waals surface area contributed by atoms with Gasteiger partial charge in [0.15, 0.2) is 0 Å². The molecule has 3 fully saturated rings. The molecule has 0 amide bonds. The van der Waals surface area contributed by atoms with Crippen LogP contribution in [0.3, 0.4) is 0 Å². The van der Waals surface area contributed by atoms with Crippen molar-refractivity contribution in [2.45, 2.75) is 89.8 Å². The van der Waals surface area contributed by atoms with Crippen LogP contribution in [0.15, 0.2) is 42.6 Å². The van der Waals surface area contributed by atoms with Crippen LogP contribution in [-0.2, 0) is 19.6 Å². The molecule has 0 atom stereocenters. The summed E-state index contributed by atoms with van der Waals surface area (Å²) < 4.78 is 5.18. The predicted molar refractivity (Wildman–Crippen MR) is 156 cm³/mol. The van der Waals surface area contributed by atoms with Gasteiger partial charge in [-0.25, -0.2) is 4.79 Å². The summed E-state index contributed by atoms with van der Waals surface area (Å²) in [5.74, 6) is -0.300. The summed E-state index contributed by atoms with van der Waals surface area (Å²) in [4.78, 5) is 14.7. The number of hydrogen-bond donors (Lipinski definition) is 1. The molecule has 4 aromatic rings. The number of para-hydroxylation sites is 1. The van der Waals surface area contributed by atoms with Crippen LogP contribution in [0.25, 0.3) is 33.1 Å². The number of aromatic nitrogens is 2. The number of rotatable bonds is 4. The van der Waals surface area contributed by atoms with Gasteiger partial charge in [0.2, 0.25) is 0 Å². The largest absolute Gasteiger partial charge is 0.478 e. The molecule has 1 saturated heterocycles. The van der Waals surface area contributed by atoms with E-state index in [-0.39, 0.29) is 5.41 Å². The number of hydrogen-bond acceptors (Lipinski definition) is 2. The summed E-state index contributed by atoms with van der Waals surface area (Å²) in [5.41, 5.74) is 8.86. The second-order valence-electron chi connectivity index (χ2n) is 13.0. The molecule has 5 nitrogen and oxygen atoms in total. The van der Waals surface area contributed by atoms with Crippen molar-refractivity contribution in [3.63, 3.8) is 0 Å². The van der Waals surface area contributed by atoms with Gasteiger partial charge in [0.25, 0.3) is 0 Å². The second kappa shape index (κ2) is 8.99. The van der Waals surface area contributed by atoms with Crippen LogP contribution in [0, 0.1) is 5.41 Å². The summed E-state index contributed by atoms with van der Waals surface area (Å²) in [7, 11) is 0. The Bertz CT molecular complexity index is 1590. The van der Waals surface area contributed by atoms with Crippen molar-refractivity contribution < 1.29 is 9.90 Å². The van der Waals surface area contributed by atoms with E-state index in [1.54, 1.807) is 0 Å². The third kappa shape index (κ3) is 3.88. The van der Waals surface area contributed by atoms with Gasteiger partial charge in [-0.1, -0.05) is 49.9 Å². The molecule has 8 rings (SSSR count). The molecule has 1 N–H and O–H groups in total. The van der Waals surface area contributed by atoms with E-state index in [2.05, 4.69) is 44.5 Å². The fourth-order valence-corrected chi connectivity index (χ4v) is 8.24. The lowest BCUT2D eigenvalue weighted by Crippen LogP contribution is -2.29. The van der Waals surface area contributed by atoms with Crippen LogP contribution < -0.4 is 0 Å². The first-order valence-corrected chi connectivity index (χ1v) is 15.3. The molecule has 2 saturated carbocycles. The van der Waals surface area contributed by atoms with Crippen LogP contribution in [0.4, 0.5) is 0 Å². The number of piperidine rings is 1. The monoisotopic (exact) mass is 521 g/mol. The number of carboxylic acid groups (broad SMARTS) is 1. The number of likely N-dealkylation sites (tertiary alicyclic amines) is 1. The number of aromatic carboxylic acids is 1. The minimum Gasteiger partial charge on any atom is -0.478 e. The van der Waals surface area contributed by atoms with E-state index in [1.165, 1.54) is 116 Å². The first-order valence-electron chi connectivity index (χ1n) is 15.3. The summed E-state index contributed by atoms with van der Waals surface area (Å²) >= 11 is 0. The third-order valence-electron chi connectivity index (χ3n) is 10.4. The van der Waals surface area contributed by atoms with Crippen molar-refractivity contribution in [2.24, 2.45) is 5.41 Å². The molecule has 0 bridgehead atoms. The van der Waals surface area contributed by atoms with Crippen molar-refractivity contribution in [1.82, 2.24) is 14.0 Å². The van der Waals surface area contributed by atoms with E-state index in [0.717, 1.165) is 25.2 Å². The molecule has 4 aliphatic rings. The zero-order valence-electron chi connectivity index (χ0n) is 22.9. The van der Waals surface area contributed by atoms with Gasteiger partial charge in [-0.15, -0.1) is 0 Å². The average molecular weight is 522 g/mol. The molecular weight excluding hydrogens is 482 g/mol. The summed E-state index contributed by atoms with van der Waals surface area (Å²) in [6.07, 6.45) is 15.3. The standard InChI is InChI=1S/C34H39N3O2/c38-33(39)24-12-13-27-29(18-24)37-22-34(14-15-34)21-36-20-25(19-35-16-5-2-6-17-35)26-10-7-11-28(31(26)36)32(37)30(27)23-8-3-1-4-9-23/h7,10-13,18,20,23H,1-6,8-9,14-17,19,21-22H2,(H,38,39). The van der Waals surface area contributed by atoms with E-state index in [0.29, 0.717) is 11.5 Å². The van der Waals surface area contributed by atoms with Crippen molar-refractivity contribution in [2.75, 3.05) is 13.1 Å². The fourth-order valence-electron chi connectivity index (χ4n) is 8.24. The Kier molecular flexibility index (Phi) is 5.49. The normalized spacial score (nSPS) is 21.2. The molecule has 1 spiro atoms. The Balaban J connectivity index is 1.40. The van der Waals surface area contributed by atoms with Gasteiger partial charge in [-0.3, -0.25) is 4.90 Å². The third-order valence-corrected chi connectivity index (χ3v) is 10.4. The molecule has 2 aromatic carbocycles. The number of fused-ring (bicyclic) bond motifs is 4. The summed E-state index contributed by atoms with van der Waals surface area (Å²) in [5, 5.41) is 12.6. The van der Waals surface area contributed by atoms with Crippen molar-refractivity contribution >= 4 is 27.8 Å².